The van der Waals surface area contributed by atoms with Crippen LogP contribution in [0.5, 0.6) is 0 Å². The molecule has 1 saturated carbocycles. The Kier molecular flexibility index (Phi) is 6.00. The number of ether oxygens (including phenoxy) is 3. The van der Waals surface area contributed by atoms with Gasteiger partial charge in [0.05, 0.1) is 5.60 Å². The first-order valence-corrected chi connectivity index (χ1v) is 8.11. The van der Waals surface area contributed by atoms with Crippen molar-refractivity contribution in [3.8, 4) is 0 Å². The molecule has 1 spiro atoms. The molecule has 1 aliphatic carbocycles. The Morgan fingerprint density at radius 3 is 2.45 bits per heavy atom. The monoisotopic (exact) mass is 284 g/mol. The molecular weight excluding hydrogens is 256 g/mol. The molecule has 4 nitrogen and oxygen atoms in total. The van der Waals surface area contributed by atoms with E-state index in [4.69, 9.17) is 14.2 Å². The lowest BCUT2D eigenvalue weighted by Crippen LogP contribution is -2.46. The van der Waals surface area contributed by atoms with Gasteiger partial charge in [-0.1, -0.05) is 19.3 Å². The maximum Gasteiger partial charge on any atom is 0.218 e. The van der Waals surface area contributed by atoms with E-state index in [-0.39, 0.29) is 17.3 Å². The van der Waals surface area contributed by atoms with Gasteiger partial charge in [-0.05, 0) is 39.5 Å². The lowest BCUT2D eigenvalue weighted by molar-refractivity contribution is -0.181. The molecule has 2 aliphatic rings. The molecule has 0 amide bonds. The zero-order valence-corrected chi connectivity index (χ0v) is 12.9. The van der Waals surface area contributed by atoms with E-state index in [1.54, 1.807) is 0 Å². The van der Waals surface area contributed by atoms with Crippen molar-refractivity contribution in [1.82, 2.24) is 0 Å². The third-order valence-electron chi connectivity index (χ3n) is 4.53. The highest BCUT2D eigenvalue weighted by Gasteiger charge is 2.42. The van der Waals surface area contributed by atoms with E-state index in [2.05, 4.69) is 0 Å². The third-order valence-corrected chi connectivity index (χ3v) is 4.53. The molecule has 1 saturated heterocycles. The first-order valence-electron chi connectivity index (χ1n) is 8.11. The summed E-state index contributed by atoms with van der Waals surface area (Å²) in [6.45, 7) is 5.49. The van der Waals surface area contributed by atoms with Gasteiger partial charge < -0.3 is 14.2 Å². The summed E-state index contributed by atoms with van der Waals surface area (Å²) in [6, 6.07) is 0. The minimum Gasteiger partial charge on any atom is -0.375 e. The molecule has 1 aliphatic heterocycles. The highest BCUT2D eigenvalue weighted by atomic mass is 16.7. The lowest BCUT2D eigenvalue weighted by Gasteiger charge is -2.43. The van der Waals surface area contributed by atoms with E-state index >= 15 is 0 Å². The number of Topliss-reactive ketones (excluding diaryl/α,β-unsaturated/α-hetero) is 1. The summed E-state index contributed by atoms with van der Waals surface area (Å²) in [4.78, 5) is 12.6. The molecule has 0 N–H and O–H groups in total. The first kappa shape index (κ1) is 15.9. The van der Waals surface area contributed by atoms with Crippen molar-refractivity contribution in [3.63, 3.8) is 0 Å². The van der Waals surface area contributed by atoms with Crippen LogP contribution in [0, 0.1) is 5.92 Å². The van der Waals surface area contributed by atoms with Gasteiger partial charge in [0.15, 0.2) is 5.78 Å². The van der Waals surface area contributed by atoms with Crippen LogP contribution in [0.25, 0.3) is 0 Å². The molecule has 2 rings (SSSR count). The van der Waals surface area contributed by atoms with Gasteiger partial charge in [-0.25, -0.2) is 0 Å². The number of carbonyl (C=O) groups excluding carboxylic acids is 1. The van der Waals surface area contributed by atoms with Crippen molar-refractivity contribution >= 4 is 5.78 Å². The van der Waals surface area contributed by atoms with E-state index in [0.29, 0.717) is 19.8 Å². The average molecular weight is 284 g/mol. The molecule has 0 aromatic carbocycles. The molecule has 1 heterocycles. The van der Waals surface area contributed by atoms with Crippen molar-refractivity contribution in [1.29, 1.82) is 0 Å². The zero-order chi connectivity index (χ0) is 14.4. The predicted octanol–water partition coefficient (Wildman–Crippen LogP) is 3.08. The van der Waals surface area contributed by atoms with Crippen LogP contribution >= 0.6 is 0 Å². The molecular formula is C16H28O4. The second kappa shape index (κ2) is 7.53. The van der Waals surface area contributed by atoms with E-state index in [1.165, 1.54) is 19.3 Å². The number of carbonyl (C=O) groups is 1. The van der Waals surface area contributed by atoms with Crippen LogP contribution < -0.4 is 0 Å². The number of rotatable bonds is 6. The van der Waals surface area contributed by atoms with Gasteiger partial charge in [0.25, 0.3) is 0 Å². The fourth-order valence-corrected chi connectivity index (χ4v) is 3.52. The van der Waals surface area contributed by atoms with Crippen molar-refractivity contribution in [2.24, 2.45) is 5.92 Å². The van der Waals surface area contributed by atoms with Crippen LogP contribution in [-0.4, -0.2) is 37.5 Å². The summed E-state index contributed by atoms with van der Waals surface area (Å²) in [5.41, 5.74) is -0.0419. The Balaban J connectivity index is 1.97. The summed E-state index contributed by atoms with van der Waals surface area (Å²) in [5.74, 6) is 0.145. The van der Waals surface area contributed by atoms with Gasteiger partial charge in [0.2, 0.25) is 6.29 Å². The largest absolute Gasteiger partial charge is 0.375 e. The van der Waals surface area contributed by atoms with Crippen molar-refractivity contribution in [3.05, 3.63) is 0 Å². The van der Waals surface area contributed by atoms with Gasteiger partial charge in [-0.15, -0.1) is 0 Å². The highest BCUT2D eigenvalue weighted by Crippen LogP contribution is 2.41. The normalized spacial score (nSPS) is 26.1. The van der Waals surface area contributed by atoms with E-state index in [0.717, 1.165) is 25.7 Å². The zero-order valence-electron chi connectivity index (χ0n) is 12.9. The second-order valence-corrected chi connectivity index (χ2v) is 5.93. The Labute approximate surface area is 122 Å². The molecule has 1 unspecified atom stereocenters. The second-order valence-electron chi connectivity index (χ2n) is 5.93. The van der Waals surface area contributed by atoms with Crippen LogP contribution in [0.15, 0.2) is 0 Å². The summed E-state index contributed by atoms with van der Waals surface area (Å²) in [7, 11) is 0. The highest BCUT2D eigenvalue weighted by molar-refractivity contribution is 5.84. The maximum absolute atomic E-state index is 12.6. The lowest BCUT2D eigenvalue weighted by atomic mass is 9.75. The van der Waals surface area contributed by atoms with Crippen molar-refractivity contribution < 1.29 is 19.0 Å². The van der Waals surface area contributed by atoms with Crippen LogP contribution in [0.4, 0.5) is 0 Å². The fraction of sp³-hybridized carbons (Fsp3) is 0.938. The Morgan fingerprint density at radius 2 is 1.85 bits per heavy atom. The summed E-state index contributed by atoms with van der Waals surface area (Å²) in [5, 5.41) is 0. The third kappa shape index (κ3) is 3.80. The SMILES string of the molecule is CCOC(OCC)C(=O)C1CCOC2(CCCCC2)C1. The number of ketones is 1. The molecule has 0 aromatic heterocycles. The van der Waals surface area contributed by atoms with Crippen LogP contribution in [-0.2, 0) is 19.0 Å². The topological polar surface area (TPSA) is 44.8 Å². The van der Waals surface area contributed by atoms with Gasteiger partial charge in [0.1, 0.15) is 0 Å². The Bertz CT molecular complexity index is 298. The molecule has 0 radical (unpaired) electrons. The summed E-state index contributed by atoms with van der Waals surface area (Å²) in [6.07, 6.45) is 6.91. The summed E-state index contributed by atoms with van der Waals surface area (Å²) >= 11 is 0. The Morgan fingerprint density at radius 1 is 1.20 bits per heavy atom. The summed E-state index contributed by atoms with van der Waals surface area (Å²) < 4.78 is 17.0. The smallest absolute Gasteiger partial charge is 0.218 e. The molecule has 20 heavy (non-hydrogen) atoms. The quantitative estimate of drug-likeness (QED) is 0.703. The number of hydrogen-bond donors (Lipinski definition) is 0. The van der Waals surface area contributed by atoms with Crippen molar-refractivity contribution in [2.45, 2.75) is 70.7 Å². The van der Waals surface area contributed by atoms with Gasteiger partial charge >= 0.3 is 0 Å². The van der Waals surface area contributed by atoms with Crippen LogP contribution in [0.1, 0.15) is 58.8 Å². The van der Waals surface area contributed by atoms with Gasteiger partial charge in [-0.3, -0.25) is 4.79 Å². The number of hydrogen-bond acceptors (Lipinski definition) is 4. The average Bonchev–Trinajstić information content (AvgIpc) is 2.47. The molecule has 2 fully saturated rings. The van der Waals surface area contributed by atoms with Gasteiger partial charge in [0, 0.05) is 25.7 Å². The predicted molar refractivity (Wildman–Crippen MR) is 76.5 cm³/mol. The van der Waals surface area contributed by atoms with Crippen molar-refractivity contribution in [2.75, 3.05) is 19.8 Å². The van der Waals surface area contributed by atoms with Crippen LogP contribution in [0.3, 0.4) is 0 Å². The maximum atomic E-state index is 12.6. The van der Waals surface area contributed by atoms with E-state index in [9.17, 15) is 4.79 Å². The molecule has 0 aromatic rings. The van der Waals surface area contributed by atoms with Crippen LogP contribution in [0.2, 0.25) is 0 Å². The van der Waals surface area contributed by atoms with E-state index in [1.807, 2.05) is 13.8 Å². The van der Waals surface area contributed by atoms with Gasteiger partial charge in [-0.2, -0.15) is 0 Å². The Hall–Kier alpha value is -0.450. The molecule has 0 bridgehead atoms. The molecule has 1 atom stereocenters. The standard InChI is InChI=1S/C16H28O4/c1-3-18-15(19-4-2)14(17)13-8-11-20-16(12-13)9-6-5-7-10-16/h13,15H,3-12H2,1-2H3. The first-order chi connectivity index (χ1) is 9.71. The molecule has 116 valence electrons. The molecule has 4 heteroatoms. The fourth-order valence-electron chi connectivity index (χ4n) is 3.52. The minimum absolute atomic E-state index is 0.0324. The minimum atomic E-state index is -0.686. The van der Waals surface area contributed by atoms with E-state index < -0.39 is 6.29 Å².